The lowest BCUT2D eigenvalue weighted by Crippen LogP contribution is -2.39. The van der Waals surface area contributed by atoms with Gasteiger partial charge in [-0.1, -0.05) is 34.1 Å². The number of nitrogens with one attached hydrogen (secondary N) is 1. The second-order valence-corrected chi connectivity index (χ2v) is 6.21. The number of anilines is 1. The highest BCUT2D eigenvalue weighted by Gasteiger charge is 2.20. The van der Waals surface area contributed by atoms with Gasteiger partial charge in [-0.05, 0) is 38.2 Å². The van der Waals surface area contributed by atoms with E-state index < -0.39 is 11.9 Å². The monoisotopic (exact) mass is 382 g/mol. The van der Waals surface area contributed by atoms with Crippen LogP contribution in [-0.2, 0) is 11.3 Å². The Morgan fingerprint density at radius 1 is 1.22 bits per heavy atom. The Hall–Kier alpha value is -1.79. The molecule has 1 amide bonds. The molecule has 1 N–H and O–H groups in total. The van der Waals surface area contributed by atoms with Crippen molar-refractivity contribution in [2.45, 2.75) is 19.5 Å². The SMILES string of the molecule is CC(C(=O)Nc1ccc(Br)cc1F)N(C)Cc1ccccc1F. The van der Waals surface area contributed by atoms with Crippen molar-refractivity contribution in [1.82, 2.24) is 4.90 Å². The second-order valence-electron chi connectivity index (χ2n) is 5.30. The summed E-state index contributed by atoms with van der Waals surface area (Å²) in [6.07, 6.45) is 0. The van der Waals surface area contributed by atoms with E-state index in [9.17, 15) is 13.6 Å². The lowest BCUT2D eigenvalue weighted by atomic mass is 10.1. The quantitative estimate of drug-likeness (QED) is 0.840. The molecule has 0 aliphatic heterocycles. The molecule has 0 saturated heterocycles. The van der Waals surface area contributed by atoms with Crippen molar-refractivity contribution < 1.29 is 13.6 Å². The Morgan fingerprint density at radius 2 is 1.91 bits per heavy atom. The first-order valence-corrected chi connectivity index (χ1v) is 7.87. The van der Waals surface area contributed by atoms with Gasteiger partial charge < -0.3 is 5.32 Å². The zero-order chi connectivity index (χ0) is 17.0. The number of likely N-dealkylation sites (N-methyl/N-ethyl adjacent to an activating group) is 1. The normalized spacial score (nSPS) is 12.3. The molecule has 0 spiro atoms. The van der Waals surface area contributed by atoms with Crippen molar-refractivity contribution in [3.05, 3.63) is 64.1 Å². The molecular weight excluding hydrogens is 366 g/mol. The molecule has 2 rings (SSSR count). The molecule has 0 heterocycles. The van der Waals surface area contributed by atoms with Gasteiger partial charge in [0, 0.05) is 16.6 Å². The number of hydrogen-bond acceptors (Lipinski definition) is 2. The first-order valence-electron chi connectivity index (χ1n) is 7.08. The predicted molar refractivity (Wildman–Crippen MR) is 90.1 cm³/mol. The molecule has 0 saturated carbocycles. The Morgan fingerprint density at radius 3 is 2.57 bits per heavy atom. The number of amides is 1. The van der Waals surface area contributed by atoms with Crippen LogP contribution in [0.2, 0.25) is 0 Å². The molecule has 2 aromatic carbocycles. The fourth-order valence-electron chi connectivity index (χ4n) is 2.06. The molecule has 0 aliphatic carbocycles. The lowest BCUT2D eigenvalue weighted by Gasteiger charge is -2.24. The fourth-order valence-corrected chi connectivity index (χ4v) is 2.39. The van der Waals surface area contributed by atoms with Crippen LogP contribution in [-0.4, -0.2) is 23.9 Å². The van der Waals surface area contributed by atoms with Crippen LogP contribution in [0.1, 0.15) is 12.5 Å². The average molecular weight is 383 g/mol. The van der Waals surface area contributed by atoms with Crippen molar-refractivity contribution >= 4 is 27.5 Å². The smallest absolute Gasteiger partial charge is 0.241 e. The lowest BCUT2D eigenvalue weighted by molar-refractivity contribution is -0.120. The predicted octanol–water partition coefficient (Wildman–Crippen LogP) is 4.19. The molecule has 1 unspecified atom stereocenters. The van der Waals surface area contributed by atoms with Crippen molar-refractivity contribution in [1.29, 1.82) is 0 Å². The maximum absolute atomic E-state index is 13.8. The number of rotatable bonds is 5. The van der Waals surface area contributed by atoms with E-state index >= 15 is 0 Å². The highest BCUT2D eigenvalue weighted by atomic mass is 79.9. The summed E-state index contributed by atoms with van der Waals surface area (Å²) in [7, 11) is 1.72. The third-order valence-corrected chi connectivity index (χ3v) is 4.10. The summed E-state index contributed by atoms with van der Waals surface area (Å²) in [5.74, 6) is -1.19. The summed E-state index contributed by atoms with van der Waals surface area (Å²) in [5, 5.41) is 2.55. The zero-order valence-corrected chi connectivity index (χ0v) is 14.4. The average Bonchev–Trinajstić information content (AvgIpc) is 2.51. The van der Waals surface area contributed by atoms with E-state index in [-0.39, 0.29) is 24.0 Å². The topological polar surface area (TPSA) is 32.3 Å². The summed E-state index contributed by atoms with van der Waals surface area (Å²) in [5.41, 5.74) is 0.619. The first-order chi connectivity index (χ1) is 10.9. The van der Waals surface area contributed by atoms with Crippen LogP contribution in [0.15, 0.2) is 46.9 Å². The largest absolute Gasteiger partial charge is 0.322 e. The molecule has 3 nitrogen and oxygen atoms in total. The number of carbonyl (C=O) groups is 1. The highest BCUT2D eigenvalue weighted by molar-refractivity contribution is 9.10. The summed E-state index contributed by atoms with van der Waals surface area (Å²) in [4.78, 5) is 13.9. The van der Waals surface area contributed by atoms with Gasteiger partial charge in [-0.25, -0.2) is 8.78 Å². The molecule has 23 heavy (non-hydrogen) atoms. The maximum atomic E-state index is 13.8. The van der Waals surface area contributed by atoms with E-state index in [1.165, 1.54) is 18.2 Å². The van der Waals surface area contributed by atoms with Crippen LogP contribution in [0, 0.1) is 11.6 Å². The number of benzene rings is 2. The minimum absolute atomic E-state index is 0.115. The summed E-state index contributed by atoms with van der Waals surface area (Å²) in [6.45, 7) is 1.97. The van der Waals surface area contributed by atoms with Gasteiger partial charge in [0.2, 0.25) is 5.91 Å². The number of halogens is 3. The molecular formula is C17H17BrF2N2O. The van der Waals surface area contributed by atoms with Crippen LogP contribution in [0.3, 0.4) is 0 Å². The van der Waals surface area contributed by atoms with Crippen molar-refractivity contribution in [3.8, 4) is 0 Å². The van der Waals surface area contributed by atoms with Gasteiger partial charge >= 0.3 is 0 Å². The summed E-state index contributed by atoms with van der Waals surface area (Å²) < 4.78 is 28.0. The molecule has 0 fully saturated rings. The van der Waals surface area contributed by atoms with Gasteiger partial charge in [0.1, 0.15) is 11.6 Å². The van der Waals surface area contributed by atoms with Gasteiger partial charge in [0.15, 0.2) is 0 Å². The molecule has 0 aromatic heterocycles. The molecule has 1 atom stereocenters. The Kier molecular flexibility index (Phi) is 5.85. The second kappa shape index (κ2) is 7.66. The van der Waals surface area contributed by atoms with Crippen molar-refractivity contribution in [2.24, 2.45) is 0 Å². The molecule has 122 valence electrons. The van der Waals surface area contributed by atoms with Crippen LogP contribution < -0.4 is 5.32 Å². The Bertz CT molecular complexity index is 709. The number of hydrogen-bond donors (Lipinski definition) is 1. The standard InChI is InChI=1S/C17H17BrF2N2O/c1-11(22(2)10-12-5-3-4-6-14(12)19)17(23)21-16-8-7-13(18)9-15(16)20/h3-9,11H,10H2,1-2H3,(H,21,23). The summed E-state index contributed by atoms with van der Waals surface area (Å²) in [6, 6.07) is 10.3. The number of nitrogens with zero attached hydrogens (tertiary/aromatic N) is 1. The zero-order valence-electron chi connectivity index (χ0n) is 12.8. The third kappa shape index (κ3) is 4.59. The molecule has 0 aliphatic rings. The van der Waals surface area contributed by atoms with Gasteiger partial charge in [-0.2, -0.15) is 0 Å². The van der Waals surface area contributed by atoms with Gasteiger partial charge in [0.05, 0.1) is 11.7 Å². The molecule has 0 radical (unpaired) electrons. The van der Waals surface area contributed by atoms with E-state index in [0.717, 1.165) is 0 Å². The minimum Gasteiger partial charge on any atom is -0.322 e. The van der Waals surface area contributed by atoms with Crippen LogP contribution in [0.5, 0.6) is 0 Å². The third-order valence-electron chi connectivity index (χ3n) is 3.61. The van der Waals surface area contributed by atoms with E-state index in [1.54, 1.807) is 43.1 Å². The first kappa shape index (κ1) is 17.6. The summed E-state index contributed by atoms with van der Waals surface area (Å²) >= 11 is 3.16. The van der Waals surface area contributed by atoms with E-state index in [4.69, 9.17) is 0 Å². The molecule has 2 aromatic rings. The van der Waals surface area contributed by atoms with E-state index in [0.29, 0.717) is 10.0 Å². The Balaban J connectivity index is 2.02. The highest BCUT2D eigenvalue weighted by Crippen LogP contribution is 2.20. The van der Waals surface area contributed by atoms with Crippen LogP contribution in [0.4, 0.5) is 14.5 Å². The molecule has 0 bridgehead atoms. The van der Waals surface area contributed by atoms with Crippen LogP contribution >= 0.6 is 15.9 Å². The Labute approximate surface area is 142 Å². The van der Waals surface area contributed by atoms with Gasteiger partial charge in [0.25, 0.3) is 0 Å². The van der Waals surface area contributed by atoms with Crippen molar-refractivity contribution in [2.75, 3.05) is 12.4 Å². The van der Waals surface area contributed by atoms with E-state index in [1.807, 2.05) is 0 Å². The molecule has 6 heteroatoms. The van der Waals surface area contributed by atoms with Gasteiger partial charge in [-0.3, -0.25) is 9.69 Å². The van der Waals surface area contributed by atoms with Crippen LogP contribution in [0.25, 0.3) is 0 Å². The van der Waals surface area contributed by atoms with E-state index in [2.05, 4.69) is 21.2 Å². The van der Waals surface area contributed by atoms with Crippen molar-refractivity contribution in [3.63, 3.8) is 0 Å². The number of carbonyl (C=O) groups excluding carboxylic acids is 1. The maximum Gasteiger partial charge on any atom is 0.241 e. The minimum atomic E-state index is -0.544. The van der Waals surface area contributed by atoms with Gasteiger partial charge in [-0.15, -0.1) is 0 Å². The fraction of sp³-hybridized carbons (Fsp3) is 0.235.